The van der Waals surface area contributed by atoms with E-state index >= 15 is 0 Å². The highest BCUT2D eigenvalue weighted by Crippen LogP contribution is 2.16. The van der Waals surface area contributed by atoms with E-state index in [1.54, 1.807) is 0 Å². The Morgan fingerprint density at radius 2 is 1.69 bits per heavy atom. The van der Waals surface area contributed by atoms with Crippen LogP contribution in [0.15, 0.2) is 0 Å². The fourth-order valence-corrected chi connectivity index (χ4v) is 1.96. The molecule has 5 nitrogen and oxygen atoms in total. The summed E-state index contributed by atoms with van der Waals surface area (Å²) in [5, 5.41) is 13.9. The summed E-state index contributed by atoms with van der Waals surface area (Å²) in [7, 11) is 0. The molecule has 1 aliphatic carbocycles. The van der Waals surface area contributed by atoms with Crippen LogP contribution in [0.25, 0.3) is 0 Å². The van der Waals surface area contributed by atoms with Gasteiger partial charge in [0.2, 0.25) is 5.91 Å². The van der Waals surface area contributed by atoms with Gasteiger partial charge < -0.3 is 15.7 Å². The van der Waals surface area contributed by atoms with E-state index in [0.717, 1.165) is 12.8 Å². The van der Waals surface area contributed by atoms with Crippen molar-refractivity contribution in [2.45, 2.75) is 44.6 Å². The first-order chi connectivity index (χ1) is 7.68. The molecule has 5 heteroatoms. The van der Waals surface area contributed by atoms with Crippen LogP contribution in [0.5, 0.6) is 0 Å². The van der Waals surface area contributed by atoms with Gasteiger partial charge in [-0.25, -0.2) is 0 Å². The van der Waals surface area contributed by atoms with Gasteiger partial charge in [-0.05, 0) is 12.8 Å². The smallest absolute Gasteiger partial charge is 0.322 e. The standard InChI is InChI=1S/C11H20N2O3/c14-10(13-8-11(15)16)7-12-9-5-3-1-2-4-6-9/h9,12H,1-8H2,(H,13,14)(H,15,16). The van der Waals surface area contributed by atoms with Crippen LogP contribution in [0, 0.1) is 0 Å². The van der Waals surface area contributed by atoms with Crippen molar-refractivity contribution < 1.29 is 14.7 Å². The Kier molecular flexibility index (Phi) is 5.85. The summed E-state index contributed by atoms with van der Waals surface area (Å²) in [5.41, 5.74) is 0. The van der Waals surface area contributed by atoms with Gasteiger partial charge in [-0.1, -0.05) is 25.7 Å². The molecule has 0 aromatic heterocycles. The zero-order valence-electron chi connectivity index (χ0n) is 9.50. The predicted octanol–water partition coefficient (Wildman–Crippen LogP) is 0.500. The molecule has 0 heterocycles. The molecule has 0 aliphatic heterocycles. The lowest BCUT2D eigenvalue weighted by Gasteiger charge is -2.15. The molecule has 1 aliphatic rings. The van der Waals surface area contributed by atoms with Crippen LogP contribution in [0.2, 0.25) is 0 Å². The summed E-state index contributed by atoms with van der Waals surface area (Å²) in [6.45, 7) is -0.0802. The lowest BCUT2D eigenvalue weighted by Crippen LogP contribution is -2.40. The fraction of sp³-hybridized carbons (Fsp3) is 0.818. The van der Waals surface area contributed by atoms with E-state index in [-0.39, 0.29) is 19.0 Å². The molecule has 1 fully saturated rings. The third kappa shape index (κ3) is 5.70. The van der Waals surface area contributed by atoms with Gasteiger partial charge >= 0.3 is 5.97 Å². The van der Waals surface area contributed by atoms with Crippen LogP contribution in [0.1, 0.15) is 38.5 Å². The average Bonchev–Trinajstić information content (AvgIpc) is 2.51. The van der Waals surface area contributed by atoms with Crippen molar-refractivity contribution in [1.82, 2.24) is 10.6 Å². The minimum absolute atomic E-state index is 0.220. The van der Waals surface area contributed by atoms with Crippen molar-refractivity contribution >= 4 is 11.9 Å². The number of carbonyl (C=O) groups excluding carboxylic acids is 1. The SMILES string of the molecule is O=C(O)CNC(=O)CNC1CCCCCC1. The summed E-state index contributed by atoms with van der Waals surface area (Å²) in [5.74, 6) is -1.26. The Bertz CT molecular complexity index is 235. The number of rotatable bonds is 5. The van der Waals surface area contributed by atoms with E-state index in [1.165, 1.54) is 25.7 Å². The quantitative estimate of drug-likeness (QED) is 0.599. The number of carbonyl (C=O) groups is 2. The highest BCUT2D eigenvalue weighted by molar-refractivity contribution is 5.82. The molecule has 1 amide bonds. The molecule has 0 aromatic rings. The maximum absolute atomic E-state index is 11.2. The van der Waals surface area contributed by atoms with Gasteiger partial charge in [-0.3, -0.25) is 9.59 Å². The molecule has 1 saturated carbocycles. The van der Waals surface area contributed by atoms with Crippen molar-refractivity contribution in [2.24, 2.45) is 0 Å². The summed E-state index contributed by atoms with van der Waals surface area (Å²) in [6.07, 6.45) is 7.23. The molecule has 92 valence electrons. The summed E-state index contributed by atoms with van der Waals surface area (Å²) in [6, 6.07) is 0.415. The third-order valence-electron chi connectivity index (χ3n) is 2.84. The van der Waals surface area contributed by atoms with Gasteiger partial charge in [-0.15, -0.1) is 0 Å². The van der Waals surface area contributed by atoms with Crippen molar-refractivity contribution in [2.75, 3.05) is 13.1 Å². The Balaban J connectivity index is 2.12. The number of hydrogen-bond acceptors (Lipinski definition) is 3. The first kappa shape index (κ1) is 13.0. The second-order valence-electron chi connectivity index (χ2n) is 4.24. The van der Waals surface area contributed by atoms with Crippen molar-refractivity contribution in [3.05, 3.63) is 0 Å². The Morgan fingerprint density at radius 3 is 2.25 bits per heavy atom. The van der Waals surface area contributed by atoms with E-state index in [9.17, 15) is 9.59 Å². The van der Waals surface area contributed by atoms with E-state index in [4.69, 9.17) is 5.11 Å². The molecule has 0 spiro atoms. The predicted molar refractivity (Wildman–Crippen MR) is 60.1 cm³/mol. The third-order valence-corrected chi connectivity index (χ3v) is 2.84. The van der Waals surface area contributed by atoms with Crippen molar-refractivity contribution in [1.29, 1.82) is 0 Å². The van der Waals surface area contributed by atoms with Gasteiger partial charge in [0, 0.05) is 6.04 Å². The highest BCUT2D eigenvalue weighted by Gasteiger charge is 2.12. The number of amides is 1. The monoisotopic (exact) mass is 228 g/mol. The molecule has 1 rings (SSSR count). The largest absolute Gasteiger partial charge is 0.480 e. The molecule has 0 unspecified atom stereocenters. The fourth-order valence-electron chi connectivity index (χ4n) is 1.96. The summed E-state index contributed by atoms with van der Waals surface area (Å²) < 4.78 is 0. The van der Waals surface area contributed by atoms with Gasteiger partial charge in [0.25, 0.3) is 0 Å². The maximum atomic E-state index is 11.2. The topological polar surface area (TPSA) is 78.4 Å². The molecule has 0 saturated heterocycles. The van der Waals surface area contributed by atoms with Gasteiger partial charge in [0.1, 0.15) is 6.54 Å². The number of hydrogen-bond donors (Lipinski definition) is 3. The van der Waals surface area contributed by atoms with Crippen LogP contribution in [0.4, 0.5) is 0 Å². The second kappa shape index (κ2) is 7.22. The van der Waals surface area contributed by atoms with Crippen LogP contribution in [0.3, 0.4) is 0 Å². The lowest BCUT2D eigenvalue weighted by molar-refractivity contribution is -0.137. The van der Waals surface area contributed by atoms with Crippen LogP contribution in [-0.4, -0.2) is 36.1 Å². The molecule has 0 aromatic carbocycles. The van der Waals surface area contributed by atoms with Crippen molar-refractivity contribution in [3.8, 4) is 0 Å². The highest BCUT2D eigenvalue weighted by atomic mass is 16.4. The second-order valence-corrected chi connectivity index (χ2v) is 4.24. The van der Waals surface area contributed by atoms with Crippen LogP contribution in [-0.2, 0) is 9.59 Å². The molecule has 0 bridgehead atoms. The molecule has 0 atom stereocenters. The number of nitrogens with one attached hydrogen (secondary N) is 2. The Morgan fingerprint density at radius 1 is 1.06 bits per heavy atom. The lowest BCUT2D eigenvalue weighted by atomic mass is 10.1. The molecule has 3 N–H and O–H groups in total. The maximum Gasteiger partial charge on any atom is 0.322 e. The Hall–Kier alpha value is -1.10. The number of carboxylic acid groups (broad SMARTS) is 1. The van der Waals surface area contributed by atoms with Crippen LogP contribution >= 0.6 is 0 Å². The van der Waals surface area contributed by atoms with Gasteiger partial charge in [-0.2, -0.15) is 0 Å². The van der Waals surface area contributed by atoms with Crippen LogP contribution < -0.4 is 10.6 Å². The van der Waals surface area contributed by atoms with E-state index < -0.39 is 5.97 Å². The number of aliphatic carboxylic acids is 1. The minimum Gasteiger partial charge on any atom is -0.480 e. The normalized spacial score (nSPS) is 17.8. The minimum atomic E-state index is -1.01. The molecule has 0 radical (unpaired) electrons. The number of carboxylic acids is 1. The van der Waals surface area contributed by atoms with Crippen molar-refractivity contribution in [3.63, 3.8) is 0 Å². The first-order valence-electron chi connectivity index (χ1n) is 5.90. The molecule has 16 heavy (non-hydrogen) atoms. The van der Waals surface area contributed by atoms with E-state index in [0.29, 0.717) is 6.04 Å². The zero-order chi connectivity index (χ0) is 11.8. The zero-order valence-corrected chi connectivity index (χ0v) is 9.50. The summed E-state index contributed by atoms with van der Waals surface area (Å²) >= 11 is 0. The van der Waals surface area contributed by atoms with Gasteiger partial charge in [0.15, 0.2) is 0 Å². The first-order valence-corrected chi connectivity index (χ1v) is 5.90. The van der Waals surface area contributed by atoms with E-state index in [1.807, 2.05) is 0 Å². The van der Waals surface area contributed by atoms with E-state index in [2.05, 4.69) is 10.6 Å². The molecular weight excluding hydrogens is 208 g/mol. The molecular formula is C11H20N2O3. The Labute approximate surface area is 95.6 Å². The average molecular weight is 228 g/mol. The van der Waals surface area contributed by atoms with Gasteiger partial charge in [0.05, 0.1) is 6.54 Å². The summed E-state index contributed by atoms with van der Waals surface area (Å²) in [4.78, 5) is 21.5.